The van der Waals surface area contributed by atoms with Crippen molar-refractivity contribution in [3.8, 4) is 5.75 Å². The van der Waals surface area contributed by atoms with Gasteiger partial charge < -0.3 is 14.0 Å². The molecule has 0 radical (unpaired) electrons. The zero-order valence-corrected chi connectivity index (χ0v) is 20.4. The fourth-order valence-electron chi connectivity index (χ4n) is 2.91. The molecule has 1 heterocycles. The van der Waals surface area contributed by atoms with Gasteiger partial charge in [-0.3, -0.25) is 23.7 Å². The van der Waals surface area contributed by atoms with Crippen LogP contribution in [0.3, 0.4) is 0 Å². The Kier molecular flexibility index (Phi) is 9.45. The van der Waals surface area contributed by atoms with Crippen molar-refractivity contribution in [1.82, 2.24) is 14.6 Å². The molecule has 2 N–H and O–H groups in total. The third-order valence-corrected chi connectivity index (χ3v) is 6.39. The van der Waals surface area contributed by atoms with Gasteiger partial charge in [0, 0.05) is 29.9 Å². The van der Waals surface area contributed by atoms with Crippen LogP contribution in [0.15, 0.2) is 46.1 Å². The van der Waals surface area contributed by atoms with Crippen molar-refractivity contribution in [2.75, 3.05) is 27.4 Å². The Morgan fingerprint density at radius 1 is 1.21 bits per heavy atom. The van der Waals surface area contributed by atoms with Crippen molar-refractivity contribution in [3.05, 3.63) is 62.4 Å². The van der Waals surface area contributed by atoms with Crippen LogP contribution in [0.1, 0.15) is 20.3 Å². The fraction of sp³-hybridized carbons (Fsp3) is 0.450. The van der Waals surface area contributed by atoms with Crippen LogP contribution >= 0.6 is 19.3 Å². The van der Waals surface area contributed by atoms with Crippen molar-refractivity contribution in [2.45, 2.75) is 31.9 Å². The molecule has 1 aromatic carbocycles. The molecule has 2 rings (SSSR count). The maximum Gasteiger partial charge on any atom is 0.459 e. The van der Waals surface area contributed by atoms with Crippen LogP contribution in [0, 0.1) is 0 Å². The van der Waals surface area contributed by atoms with Gasteiger partial charge in [0.2, 0.25) is 0 Å². The minimum atomic E-state index is -4.03. The van der Waals surface area contributed by atoms with E-state index in [9.17, 15) is 18.9 Å². The molecule has 0 fully saturated rings. The molecular formula is C20H27ClN3O8P. The van der Waals surface area contributed by atoms with E-state index in [0.29, 0.717) is 5.02 Å². The van der Waals surface area contributed by atoms with E-state index in [0.717, 1.165) is 0 Å². The second-order valence-electron chi connectivity index (χ2n) is 7.60. The molecule has 1 aromatic heterocycles. The number of H-pyrrole nitrogens is 1. The normalized spacial score (nSPS) is 14.3. The summed E-state index contributed by atoms with van der Waals surface area (Å²) in [5, 5.41) is 2.91. The second-order valence-corrected chi connectivity index (χ2v) is 9.79. The van der Waals surface area contributed by atoms with E-state index >= 15 is 0 Å². The summed E-state index contributed by atoms with van der Waals surface area (Å²) in [7, 11) is -1.40. The van der Waals surface area contributed by atoms with Gasteiger partial charge in [0.1, 0.15) is 12.3 Å². The number of esters is 1. The summed E-state index contributed by atoms with van der Waals surface area (Å²) in [6.07, 6.45) is 1.02. The van der Waals surface area contributed by atoms with Gasteiger partial charge in [-0.1, -0.05) is 11.6 Å². The highest BCUT2D eigenvalue weighted by Crippen LogP contribution is 2.44. The molecule has 0 saturated carbocycles. The number of hydrogen-bond acceptors (Lipinski definition) is 8. The molecular weight excluding hydrogens is 477 g/mol. The first kappa shape index (κ1) is 26.8. The number of benzene rings is 1. The first-order valence-electron chi connectivity index (χ1n) is 9.85. The first-order valence-corrected chi connectivity index (χ1v) is 11.8. The number of ether oxygens (including phenoxy) is 2. The van der Waals surface area contributed by atoms with Crippen LogP contribution in [0.25, 0.3) is 0 Å². The number of aromatic amines is 1. The van der Waals surface area contributed by atoms with Crippen LogP contribution in [-0.4, -0.2) is 49.0 Å². The van der Waals surface area contributed by atoms with Crippen molar-refractivity contribution >= 4 is 25.3 Å². The average Bonchev–Trinajstić information content (AvgIpc) is 2.76. The van der Waals surface area contributed by atoms with E-state index < -0.39 is 43.2 Å². The molecule has 13 heteroatoms. The Hall–Kier alpha value is -2.43. The van der Waals surface area contributed by atoms with Crippen molar-refractivity contribution < 1.29 is 27.9 Å². The van der Waals surface area contributed by atoms with Crippen LogP contribution in [0.2, 0.25) is 5.02 Å². The lowest BCUT2D eigenvalue weighted by Crippen LogP contribution is -2.42. The molecule has 33 heavy (non-hydrogen) atoms. The summed E-state index contributed by atoms with van der Waals surface area (Å²) < 4.78 is 35.7. The summed E-state index contributed by atoms with van der Waals surface area (Å²) in [5.41, 5.74) is -1.86. The average molecular weight is 504 g/mol. The molecule has 2 unspecified atom stereocenters. The maximum atomic E-state index is 13.3. The summed E-state index contributed by atoms with van der Waals surface area (Å²) in [4.78, 5) is 37.3. The third kappa shape index (κ3) is 8.13. The number of halogens is 1. The number of methoxy groups -OCH3 is 2. The van der Waals surface area contributed by atoms with Gasteiger partial charge in [0.25, 0.3) is 5.56 Å². The van der Waals surface area contributed by atoms with Crippen LogP contribution < -0.4 is 20.9 Å². The van der Waals surface area contributed by atoms with Crippen molar-refractivity contribution in [1.29, 1.82) is 0 Å². The largest absolute Gasteiger partial charge is 0.468 e. The molecule has 0 spiro atoms. The number of nitrogens with one attached hydrogen (secondary N) is 2. The predicted molar refractivity (Wildman–Crippen MR) is 122 cm³/mol. The minimum absolute atomic E-state index is 0.197. The van der Waals surface area contributed by atoms with E-state index in [1.807, 2.05) is 0 Å². The summed E-state index contributed by atoms with van der Waals surface area (Å²) >= 11 is 5.86. The highest BCUT2D eigenvalue weighted by atomic mass is 35.5. The number of carbonyl (C=O) groups is 1. The van der Waals surface area contributed by atoms with Gasteiger partial charge >= 0.3 is 19.4 Å². The zero-order chi connectivity index (χ0) is 24.6. The smallest absolute Gasteiger partial charge is 0.459 e. The molecule has 0 bridgehead atoms. The van der Waals surface area contributed by atoms with Crippen molar-refractivity contribution in [3.63, 3.8) is 0 Å². The Morgan fingerprint density at radius 2 is 1.88 bits per heavy atom. The molecule has 2 aromatic rings. The predicted octanol–water partition coefficient (Wildman–Crippen LogP) is 2.30. The van der Waals surface area contributed by atoms with E-state index in [4.69, 9.17) is 25.4 Å². The quantitative estimate of drug-likeness (QED) is 0.330. The molecule has 0 aliphatic rings. The highest BCUT2D eigenvalue weighted by Gasteiger charge is 2.32. The number of rotatable bonds is 12. The number of hydrogen-bond donors (Lipinski definition) is 2. The van der Waals surface area contributed by atoms with E-state index in [1.165, 1.54) is 43.2 Å². The van der Waals surface area contributed by atoms with Gasteiger partial charge in [0.05, 0.1) is 19.8 Å². The van der Waals surface area contributed by atoms with Gasteiger partial charge in [-0.25, -0.2) is 14.4 Å². The lowest BCUT2D eigenvalue weighted by Gasteiger charge is -2.31. The van der Waals surface area contributed by atoms with Gasteiger partial charge in [0.15, 0.2) is 0 Å². The topological polar surface area (TPSA) is 138 Å². The first-order chi connectivity index (χ1) is 15.5. The molecule has 0 amide bonds. The zero-order valence-electron chi connectivity index (χ0n) is 18.7. The van der Waals surface area contributed by atoms with E-state index in [-0.39, 0.29) is 18.8 Å². The standard InChI is InChI=1S/C20H27ClN3O8P/c1-20(2,24-10-9-17(25)23-19(24)27)11-16(29-3)13-31-33(28,22-12-18(26)30-4)32-15-7-5-14(21)6-8-15/h5-10,16H,11-13H2,1-4H3,(H,22,28)(H,23,25,27). The third-order valence-electron chi connectivity index (χ3n) is 4.65. The molecule has 0 aliphatic heterocycles. The molecule has 0 aliphatic carbocycles. The lowest BCUT2D eigenvalue weighted by atomic mass is 9.96. The van der Waals surface area contributed by atoms with Crippen LogP contribution in [-0.2, 0) is 28.9 Å². The highest BCUT2D eigenvalue weighted by molar-refractivity contribution is 7.52. The fourth-order valence-corrected chi connectivity index (χ4v) is 4.33. The van der Waals surface area contributed by atoms with Crippen molar-refractivity contribution in [2.24, 2.45) is 0 Å². The Morgan fingerprint density at radius 3 is 2.45 bits per heavy atom. The van der Waals surface area contributed by atoms with Gasteiger partial charge in [-0.05, 0) is 44.5 Å². The van der Waals surface area contributed by atoms with Crippen LogP contribution in [0.4, 0.5) is 0 Å². The summed E-state index contributed by atoms with van der Waals surface area (Å²) in [6, 6.07) is 7.33. The monoisotopic (exact) mass is 503 g/mol. The van der Waals surface area contributed by atoms with E-state index in [2.05, 4.69) is 14.8 Å². The van der Waals surface area contributed by atoms with Gasteiger partial charge in [-0.15, -0.1) is 0 Å². The van der Waals surface area contributed by atoms with Crippen LogP contribution in [0.5, 0.6) is 5.75 Å². The molecule has 11 nitrogen and oxygen atoms in total. The number of carbonyl (C=O) groups excluding carboxylic acids is 1. The SMILES string of the molecule is COC(=O)CNP(=O)(OCC(CC(C)(C)n1ccc(=O)[nH]c1=O)OC)Oc1ccc(Cl)cc1. The summed E-state index contributed by atoms with van der Waals surface area (Å²) in [5.74, 6) is -0.463. The lowest BCUT2D eigenvalue weighted by molar-refractivity contribution is -0.139. The van der Waals surface area contributed by atoms with Gasteiger partial charge in [-0.2, -0.15) is 0 Å². The number of nitrogens with zero attached hydrogens (tertiary/aromatic N) is 1. The van der Waals surface area contributed by atoms with E-state index in [1.54, 1.807) is 26.0 Å². The summed E-state index contributed by atoms with van der Waals surface area (Å²) in [6.45, 7) is 2.93. The Balaban J connectivity index is 2.15. The Bertz CT molecular complexity index is 1100. The maximum absolute atomic E-state index is 13.3. The molecule has 2 atom stereocenters. The molecule has 182 valence electrons. The second kappa shape index (κ2) is 11.6. The number of aromatic nitrogens is 2. The Labute approximate surface area is 195 Å². The molecule has 0 saturated heterocycles. The minimum Gasteiger partial charge on any atom is -0.468 e.